The third-order valence-corrected chi connectivity index (χ3v) is 5.28. The summed E-state index contributed by atoms with van der Waals surface area (Å²) in [6.45, 7) is 6.33. The van der Waals surface area contributed by atoms with Crippen molar-refractivity contribution in [2.24, 2.45) is 11.8 Å². The zero-order valence-corrected chi connectivity index (χ0v) is 14.4. The molecule has 23 heavy (non-hydrogen) atoms. The van der Waals surface area contributed by atoms with Gasteiger partial charge >= 0.3 is 0 Å². The van der Waals surface area contributed by atoms with E-state index >= 15 is 0 Å². The van der Waals surface area contributed by atoms with Crippen LogP contribution in [0.2, 0.25) is 19.6 Å². The largest absolute Gasteiger partial charge is 0.544 e. The number of carbonyl (C=O) groups is 2. The Labute approximate surface area is 136 Å². The lowest BCUT2D eigenvalue weighted by atomic mass is 9.85. The summed E-state index contributed by atoms with van der Waals surface area (Å²) in [5.41, 5.74) is 0.608. The van der Waals surface area contributed by atoms with E-state index in [2.05, 4.69) is 19.6 Å². The topological polar surface area (TPSA) is 55.8 Å². The third kappa shape index (κ3) is 2.24. The first-order valence-corrected chi connectivity index (χ1v) is 11.3. The summed E-state index contributed by atoms with van der Waals surface area (Å²) in [5, 5.41) is 0. The van der Waals surface area contributed by atoms with E-state index in [1.807, 2.05) is 24.3 Å². The van der Waals surface area contributed by atoms with Crippen LogP contribution < -0.4 is 9.33 Å². The van der Waals surface area contributed by atoms with E-state index in [0.717, 1.165) is 5.75 Å². The fraction of sp³-hybridized carbons (Fsp3) is 0.412. The van der Waals surface area contributed by atoms with Crippen molar-refractivity contribution in [3.8, 4) is 5.75 Å². The lowest BCUT2D eigenvalue weighted by molar-refractivity contribution is -0.124. The van der Waals surface area contributed by atoms with E-state index in [-0.39, 0.29) is 35.9 Å². The molecule has 4 unspecified atom stereocenters. The molecule has 5 nitrogen and oxygen atoms in total. The summed E-state index contributed by atoms with van der Waals surface area (Å²) in [6.07, 6.45) is 3.29. The number of fused-ring (bicyclic) bond motifs is 5. The van der Waals surface area contributed by atoms with Gasteiger partial charge in [-0.05, 0) is 43.9 Å². The highest BCUT2D eigenvalue weighted by Crippen LogP contribution is 2.46. The van der Waals surface area contributed by atoms with E-state index < -0.39 is 8.32 Å². The molecule has 3 aliphatic heterocycles. The molecule has 0 radical (unpaired) electrons. The van der Waals surface area contributed by atoms with Crippen LogP contribution in [0.1, 0.15) is 0 Å². The third-order valence-electron chi connectivity index (χ3n) is 4.43. The molecule has 3 aliphatic rings. The average molecular weight is 329 g/mol. The Morgan fingerprint density at radius 2 is 1.48 bits per heavy atom. The second-order valence-electron chi connectivity index (χ2n) is 7.22. The molecular formula is C17H19NO4Si. The maximum Gasteiger partial charge on any atom is 0.242 e. The molecule has 0 saturated carbocycles. The minimum Gasteiger partial charge on any atom is -0.544 e. The number of benzene rings is 1. The first-order chi connectivity index (χ1) is 10.8. The fourth-order valence-electron chi connectivity index (χ4n) is 3.57. The Morgan fingerprint density at radius 1 is 0.957 bits per heavy atom. The summed E-state index contributed by atoms with van der Waals surface area (Å²) in [4.78, 5) is 26.6. The minimum atomic E-state index is -1.67. The smallest absolute Gasteiger partial charge is 0.242 e. The van der Waals surface area contributed by atoms with Gasteiger partial charge in [0.05, 0.1) is 29.7 Å². The Morgan fingerprint density at radius 3 is 1.96 bits per heavy atom. The van der Waals surface area contributed by atoms with Crippen LogP contribution in [-0.2, 0) is 14.3 Å². The van der Waals surface area contributed by atoms with E-state index in [1.165, 1.54) is 4.90 Å². The number of amides is 2. The van der Waals surface area contributed by atoms with Crippen LogP contribution in [-0.4, -0.2) is 32.3 Å². The van der Waals surface area contributed by atoms with Crippen LogP contribution >= 0.6 is 0 Å². The Hall–Kier alpha value is -1.92. The molecule has 6 heteroatoms. The van der Waals surface area contributed by atoms with Gasteiger partial charge < -0.3 is 9.16 Å². The normalized spacial score (nSPS) is 31.9. The molecule has 0 spiro atoms. The molecule has 4 rings (SSSR count). The Bertz CT molecular complexity index is 676. The van der Waals surface area contributed by atoms with Gasteiger partial charge in [0.2, 0.25) is 20.1 Å². The Balaban J connectivity index is 1.59. The first-order valence-electron chi connectivity index (χ1n) is 7.86. The zero-order valence-electron chi connectivity index (χ0n) is 13.4. The molecule has 120 valence electrons. The molecule has 0 aliphatic carbocycles. The zero-order chi connectivity index (χ0) is 16.4. The standard InChI is InChI=1S/C17H19NO4Si/c1-23(2,3)22-11-6-4-10(5-7-11)18-16(19)14-12-8-9-13(21-12)15(14)17(18)20/h4-9,12-15H,1-3H3. The second kappa shape index (κ2) is 4.78. The highest BCUT2D eigenvalue weighted by atomic mass is 28.4. The van der Waals surface area contributed by atoms with Gasteiger partial charge in [-0.15, -0.1) is 0 Å². The number of nitrogens with zero attached hydrogens (tertiary/aromatic N) is 1. The Kier molecular flexibility index (Phi) is 3.05. The lowest BCUT2D eigenvalue weighted by Crippen LogP contribution is -2.34. The fourth-order valence-corrected chi connectivity index (χ4v) is 4.42. The molecule has 1 aromatic rings. The molecule has 2 amide bonds. The maximum absolute atomic E-state index is 12.7. The lowest BCUT2D eigenvalue weighted by Gasteiger charge is -2.21. The predicted octanol–water partition coefficient (Wildman–Crippen LogP) is 2.34. The van der Waals surface area contributed by atoms with Crippen LogP contribution in [0.5, 0.6) is 5.75 Å². The number of anilines is 1. The van der Waals surface area contributed by atoms with Crippen LogP contribution in [0, 0.1) is 11.8 Å². The van der Waals surface area contributed by atoms with Gasteiger partial charge in [-0.1, -0.05) is 12.2 Å². The summed E-state index contributed by atoms with van der Waals surface area (Å²) in [5.74, 6) is -0.269. The molecular weight excluding hydrogens is 310 g/mol. The molecule has 3 heterocycles. The number of ether oxygens (including phenoxy) is 1. The van der Waals surface area contributed by atoms with Crippen molar-refractivity contribution < 1.29 is 18.8 Å². The first kappa shape index (κ1) is 14.7. The molecule has 4 atom stereocenters. The van der Waals surface area contributed by atoms with Crippen molar-refractivity contribution in [1.29, 1.82) is 0 Å². The van der Waals surface area contributed by atoms with Crippen molar-refractivity contribution >= 4 is 25.8 Å². The van der Waals surface area contributed by atoms with Crippen molar-refractivity contribution in [2.45, 2.75) is 31.8 Å². The van der Waals surface area contributed by atoms with Crippen LogP contribution in [0.4, 0.5) is 5.69 Å². The second-order valence-corrected chi connectivity index (χ2v) is 11.7. The maximum atomic E-state index is 12.7. The van der Waals surface area contributed by atoms with Gasteiger partial charge in [0.1, 0.15) is 5.75 Å². The number of hydrogen-bond donors (Lipinski definition) is 0. The number of rotatable bonds is 3. The predicted molar refractivity (Wildman–Crippen MR) is 87.7 cm³/mol. The number of hydrogen-bond acceptors (Lipinski definition) is 4. The van der Waals surface area contributed by atoms with Crippen LogP contribution in [0.3, 0.4) is 0 Å². The monoisotopic (exact) mass is 329 g/mol. The summed E-state index contributed by atoms with van der Waals surface area (Å²) < 4.78 is 11.6. The highest BCUT2D eigenvalue weighted by Gasteiger charge is 2.60. The van der Waals surface area contributed by atoms with E-state index in [1.54, 1.807) is 12.1 Å². The highest BCUT2D eigenvalue weighted by molar-refractivity contribution is 6.70. The van der Waals surface area contributed by atoms with Gasteiger partial charge in [-0.3, -0.25) is 9.59 Å². The van der Waals surface area contributed by atoms with Gasteiger partial charge in [0, 0.05) is 0 Å². The van der Waals surface area contributed by atoms with Crippen molar-refractivity contribution in [1.82, 2.24) is 0 Å². The van der Waals surface area contributed by atoms with Crippen molar-refractivity contribution in [2.75, 3.05) is 4.90 Å². The molecule has 1 aromatic carbocycles. The number of carbonyl (C=O) groups excluding carboxylic acids is 2. The van der Waals surface area contributed by atoms with E-state index in [9.17, 15) is 9.59 Å². The average Bonchev–Trinajstić information content (AvgIpc) is 3.13. The summed E-state index contributed by atoms with van der Waals surface area (Å²) in [6, 6.07) is 7.21. The number of imide groups is 1. The van der Waals surface area contributed by atoms with E-state index in [4.69, 9.17) is 9.16 Å². The molecule has 0 aromatic heterocycles. The molecule has 2 fully saturated rings. The van der Waals surface area contributed by atoms with Gasteiger partial charge in [0.25, 0.3) is 0 Å². The van der Waals surface area contributed by atoms with Crippen LogP contribution in [0.25, 0.3) is 0 Å². The summed E-state index contributed by atoms with van der Waals surface area (Å²) >= 11 is 0. The molecule has 2 saturated heterocycles. The summed E-state index contributed by atoms with van der Waals surface area (Å²) in [7, 11) is -1.67. The SMILES string of the molecule is C[Si](C)(C)Oc1ccc(N2C(=O)C3C4C=CC(O4)C3C2=O)cc1. The molecule has 2 bridgehead atoms. The van der Waals surface area contributed by atoms with Crippen molar-refractivity contribution in [3.63, 3.8) is 0 Å². The quantitative estimate of drug-likeness (QED) is 0.485. The van der Waals surface area contributed by atoms with Gasteiger partial charge in [0.15, 0.2) is 0 Å². The van der Waals surface area contributed by atoms with Gasteiger partial charge in [-0.2, -0.15) is 0 Å². The van der Waals surface area contributed by atoms with E-state index in [0.29, 0.717) is 5.69 Å². The van der Waals surface area contributed by atoms with Gasteiger partial charge in [-0.25, -0.2) is 4.90 Å². The minimum absolute atomic E-state index is 0.157. The molecule has 0 N–H and O–H groups in total. The van der Waals surface area contributed by atoms with Crippen molar-refractivity contribution in [3.05, 3.63) is 36.4 Å². The van der Waals surface area contributed by atoms with Crippen LogP contribution in [0.15, 0.2) is 36.4 Å².